The Labute approximate surface area is 185 Å². The van der Waals surface area contributed by atoms with Crippen LogP contribution in [0.4, 0.5) is 4.79 Å². The van der Waals surface area contributed by atoms with Crippen LogP contribution in [0.15, 0.2) is 30.3 Å². The van der Waals surface area contributed by atoms with E-state index in [9.17, 15) is 14.4 Å². The number of alkyl carbamates (subject to hydrolysis) is 1. The average molecular weight is 437 g/mol. The number of carbonyl (C=O) groups excluding carboxylic acids is 3. The van der Waals surface area contributed by atoms with Crippen molar-refractivity contribution in [2.24, 2.45) is 5.92 Å². The van der Waals surface area contributed by atoms with Crippen LogP contribution in [0, 0.1) is 5.92 Å². The number of rotatable bonds is 10. The van der Waals surface area contributed by atoms with Crippen molar-refractivity contribution in [1.29, 1.82) is 0 Å². The first-order chi connectivity index (χ1) is 14.4. The van der Waals surface area contributed by atoms with Gasteiger partial charge in [0.15, 0.2) is 0 Å². The van der Waals surface area contributed by atoms with Gasteiger partial charge < -0.3 is 24.8 Å². The third kappa shape index (κ3) is 10.3. The van der Waals surface area contributed by atoms with Gasteiger partial charge in [0.2, 0.25) is 5.91 Å². The molecule has 8 heteroatoms. The van der Waals surface area contributed by atoms with Gasteiger partial charge >= 0.3 is 12.1 Å². The molecule has 0 fully saturated rings. The van der Waals surface area contributed by atoms with Gasteiger partial charge in [-0.2, -0.15) is 0 Å². The third-order valence-electron chi connectivity index (χ3n) is 4.29. The van der Waals surface area contributed by atoms with Crippen LogP contribution >= 0.6 is 0 Å². The highest BCUT2D eigenvalue weighted by atomic mass is 16.6. The van der Waals surface area contributed by atoms with Crippen LogP contribution < -0.4 is 10.6 Å². The van der Waals surface area contributed by atoms with E-state index < -0.39 is 41.8 Å². The number of hydrogen-bond donors (Lipinski definition) is 2. The Morgan fingerprint density at radius 1 is 1.00 bits per heavy atom. The van der Waals surface area contributed by atoms with Gasteiger partial charge in [-0.3, -0.25) is 4.79 Å². The van der Waals surface area contributed by atoms with Crippen LogP contribution in [0.25, 0.3) is 0 Å². The lowest BCUT2D eigenvalue weighted by Crippen LogP contribution is -2.57. The molecule has 0 spiro atoms. The van der Waals surface area contributed by atoms with E-state index in [0.717, 1.165) is 5.56 Å². The first-order valence-electron chi connectivity index (χ1n) is 10.5. The number of carbonyl (C=O) groups is 3. The number of benzene rings is 1. The predicted molar refractivity (Wildman–Crippen MR) is 117 cm³/mol. The van der Waals surface area contributed by atoms with Crippen LogP contribution in [0.2, 0.25) is 0 Å². The molecule has 0 aromatic heterocycles. The smallest absolute Gasteiger partial charge is 0.408 e. The van der Waals surface area contributed by atoms with Crippen molar-refractivity contribution in [2.45, 2.75) is 78.4 Å². The zero-order valence-corrected chi connectivity index (χ0v) is 19.6. The summed E-state index contributed by atoms with van der Waals surface area (Å²) in [5, 5.41) is 5.26. The van der Waals surface area contributed by atoms with Gasteiger partial charge in [0.05, 0.1) is 19.8 Å². The van der Waals surface area contributed by atoms with E-state index in [4.69, 9.17) is 14.2 Å². The summed E-state index contributed by atoms with van der Waals surface area (Å²) in [6.07, 6.45) is -1.04. The fourth-order valence-corrected chi connectivity index (χ4v) is 2.82. The second-order valence-corrected chi connectivity index (χ2v) is 8.84. The molecule has 0 unspecified atom stereocenters. The Balaban J connectivity index is 2.96. The van der Waals surface area contributed by atoms with Crippen molar-refractivity contribution in [3.05, 3.63) is 35.9 Å². The number of amides is 2. The fourth-order valence-electron chi connectivity index (χ4n) is 2.82. The molecule has 1 aromatic rings. The molecule has 0 heterocycles. The Morgan fingerprint density at radius 3 is 2.13 bits per heavy atom. The monoisotopic (exact) mass is 436 g/mol. The van der Waals surface area contributed by atoms with E-state index >= 15 is 0 Å². The summed E-state index contributed by atoms with van der Waals surface area (Å²) < 4.78 is 15.9. The largest absolute Gasteiger partial charge is 0.467 e. The summed E-state index contributed by atoms with van der Waals surface area (Å²) in [6.45, 7) is 11.0. The zero-order valence-electron chi connectivity index (χ0n) is 19.6. The van der Waals surface area contributed by atoms with Crippen LogP contribution in [0.3, 0.4) is 0 Å². The number of methoxy groups -OCH3 is 1. The molecule has 1 rings (SSSR count). The average Bonchev–Trinajstić information content (AvgIpc) is 2.68. The topological polar surface area (TPSA) is 103 Å². The maximum atomic E-state index is 13.0. The highest BCUT2D eigenvalue weighted by molar-refractivity contribution is 5.90. The molecule has 31 heavy (non-hydrogen) atoms. The summed E-state index contributed by atoms with van der Waals surface area (Å²) in [4.78, 5) is 37.5. The van der Waals surface area contributed by atoms with E-state index in [0.29, 0.717) is 6.42 Å². The molecule has 3 atom stereocenters. The second-order valence-electron chi connectivity index (χ2n) is 8.84. The molecule has 0 bridgehead atoms. The van der Waals surface area contributed by atoms with E-state index in [2.05, 4.69) is 10.6 Å². The quantitative estimate of drug-likeness (QED) is 0.546. The lowest BCUT2D eigenvalue weighted by atomic mass is 10.0. The molecule has 0 aliphatic carbocycles. The summed E-state index contributed by atoms with van der Waals surface area (Å²) >= 11 is 0. The molecule has 0 aliphatic rings. The van der Waals surface area contributed by atoms with Crippen molar-refractivity contribution < 1.29 is 28.6 Å². The molecule has 0 saturated heterocycles. The summed E-state index contributed by atoms with van der Waals surface area (Å²) in [5.74, 6) is -0.952. The predicted octanol–water partition coefficient (Wildman–Crippen LogP) is 3.19. The molecule has 0 radical (unpaired) electrons. The van der Waals surface area contributed by atoms with Crippen molar-refractivity contribution in [1.82, 2.24) is 10.6 Å². The van der Waals surface area contributed by atoms with Crippen LogP contribution in [0.1, 0.15) is 53.5 Å². The van der Waals surface area contributed by atoms with Gasteiger partial charge in [0, 0.05) is 0 Å². The highest BCUT2D eigenvalue weighted by Crippen LogP contribution is 2.12. The Bertz CT molecular complexity index is 715. The van der Waals surface area contributed by atoms with Crippen molar-refractivity contribution >= 4 is 18.0 Å². The molecule has 2 amide bonds. The van der Waals surface area contributed by atoms with E-state index in [1.54, 1.807) is 27.7 Å². The van der Waals surface area contributed by atoms with Crippen LogP contribution in [-0.4, -0.2) is 48.9 Å². The van der Waals surface area contributed by atoms with Gasteiger partial charge in [-0.1, -0.05) is 44.2 Å². The zero-order chi connectivity index (χ0) is 23.6. The maximum absolute atomic E-state index is 13.0. The first-order valence-corrected chi connectivity index (χ1v) is 10.5. The molecule has 1 aromatic carbocycles. The fraction of sp³-hybridized carbons (Fsp3) is 0.609. The van der Waals surface area contributed by atoms with Crippen molar-refractivity contribution in [2.75, 3.05) is 7.11 Å². The first kappa shape index (κ1) is 26.4. The maximum Gasteiger partial charge on any atom is 0.408 e. The molecular formula is C23H36N2O6. The van der Waals surface area contributed by atoms with E-state index in [1.165, 1.54) is 7.11 Å². The molecule has 2 N–H and O–H groups in total. The minimum Gasteiger partial charge on any atom is -0.467 e. The van der Waals surface area contributed by atoms with Crippen LogP contribution in [-0.2, 0) is 30.4 Å². The lowest BCUT2D eigenvalue weighted by Gasteiger charge is -2.28. The Morgan fingerprint density at radius 2 is 1.61 bits per heavy atom. The van der Waals surface area contributed by atoms with E-state index in [-0.39, 0.29) is 12.5 Å². The van der Waals surface area contributed by atoms with Gasteiger partial charge in [-0.05, 0) is 45.6 Å². The van der Waals surface area contributed by atoms with Crippen molar-refractivity contribution in [3.63, 3.8) is 0 Å². The number of esters is 1. The number of hydrogen-bond acceptors (Lipinski definition) is 6. The summed E-state index contributed by atoms with van der Waals surface area (Å²) in [6, 6.07) is 7.57. The number of ether oxygens (including phenoxy) is 3. The molecule has 0 saturated carbocycles. The minimum absolute atomic E-state index is 0.147. The summed E-state index contributed by atoms with van der Waals surface area (Å²) in [7, 11) is 1.27. The van der Waals surface area contributed by atoms with Gasteiger partial charge in [0.25, 0.3) is 0 Å². The van der Waals surface area contributed by atoms with Gasteiger partial charge in [0.1, 0.15) is 17.7 Å². The SMILES string of the molecule is COC(=O)[C@H](CC(C)C)NC(=O)[C@@H](NC(=O)OC(C)(C)C)[C@@H](C)OCc1ccccc1. The normalized spacial score (nSPS) is 14.3. The Hall–Kier alpha value is -2.61. The van der Waals surface area contributed by atoms with Gasteiger partial charge in [-0.25, -0.2) is 9.59 Å². The second kappa shape index (κ2) is 12.3. The highest BCUT2D eigenvalue weighted by Gasteiger charge is 2.33. The lowest BCUT2D eigenvalue weighted by molar-refractivity contribution is -0.146. The van der Waals surface area contributed by atoms with E-state index in [1.807, 2.05) is 44.2 Å². The van der Waals surface area contributed by atoms with Gasteiger partial charge in [-0.15, -0.1) is 0 Å². The van der Waals surface area contributed by atoms with Crippen molar-refractivity contribution in [3.8, 4) is 0 Å². The number of nitrogens with one attached hydrogen (secondary N) is 2. The molecular weight excluding hydrogens is 400 g/mol. The van der Waals surface area contributed by atoms with Crippen LogP contribution in [0.5, 0.6) is 0 Å². The summed E-state index contributed by atoms with van der Waals surface area (Å²) in [5.41, 5.74) is 0.198. The molecule has 0 aliphatic heterocycles. The standard InChI is InChI=1S/C23H36N2O6/c1-15(2)13-18(21(27)29-7)24-20(26)19(25-22(28)31-23(4,5)6)16(3)30-14-17-11-9-8-10-12-17/h8-12,15-16,18-19H,13-14H2,1-7H3,(H,24,26)(H,25,28)/t16-,18+,19+/m1/s1. The molecule has 174 valence electrons. The molecule has 8 nitrogen and oxygen atoms in total. The third-order valence-corrected chi connectivity index (χ3v) is 4.29. The Kier molecular flexibility index (Phi) is 10.5. The minimum atomic E-state index is -1.07.